The van der Waals surface area contributed by atoms with Crippen molar-refractivity contribution in [3.8, 4) is 5.75 Å². The first-order chi connectivity index (χ1) is 10.1. The van der Waals surface area contributed by atoms with Gasteiger partial charge in [-0.2, -0.15) is 0 Å². The zero-order valence-electron chi connectivity index (χ0n) is 12.0. The Bertz CT molecular complexity index is 484. The largest absolute Gasteiger partial charge is 0.489 e. The molecule has 3 N–H and O–H groups in total. The van der Waals surface area contributed by atoms with Gasteiger partial charge in [-0.25, -0.2) is 4.39 Å². The molecular formula is C15H21FN2O3. The molecule has 0 spiro atoms. The number of amides is 1. The van der Waals surface area contributed by atoms with Crippen molar-refractivity contribution < 1.29 is 18.7 Å². The monoisotopic (exact) mass is 296 g/mol. The fourth-order valence-electron chi connectivity index (χ4n) is 2.24. The van der Waals surface area contributed by atoms with Gasteiger partial charge in [0.05, 0.1) is 12.6 Å². The molecule has 1 aromatic rings. The minimum absolute atomic E-state index is 0.0262. The third kappa shape index (κ3) is 4.68. The normalized spacial score (nSPS) is 22.8. The van der Waals surface area contributed by atoms with Crippen molar-refractivity contribution in [3.63, 3.8) is 0 Å². The van der Waals surface area contributed by atoms with Crippen LogP contribution in [0.2, 0.25) is 0 Å². The number of hydrogen-bond acceptors (Lipinski definition) is 4. The number of benzene rings is 1. The zero-order chi connectivity index (χ0) is 15.2. The molecular weight excluding hydrogens is 275 g/mol. The maximum atomic E-state index is 13.0. The van der Waals surface area contributed by atoms with Crippen LogP contribution in [0.5, 0.6) is 5.75 Å². The molecule has 0 aromatic heterocycles. The van der Waals surface area contributed by atoms with Crippen LogP contribution in [0.15, 0.2) is 24.3 Å². The number of ether oxygens (including phenoxy) is 2. The van der Waals surface area contributed by atoms with Gasteiger partial charge in [0.1, 0.15) is 23.8 Å². The van der Waals surface area contributed by atoms with Crippen molar-refractivity contribution in [2.75, 3.05) is 13.1 Å². The van der Waals surface area contributed by atoms with Crippen LogP contribution in [-0.4, -0.2) is 37.3 Å². The average molecular weight is 296 g/mol. The summed E-state index contributed by atoms with van der Waals surface area (Å²) in [4.78, 5) is 11.9. The zero-order valence-corrected chi connectivity index (χ0v) is 12.0. The first-order valence-electron chi connectivity index (χ1n) is 7.14. The summed E-state index contributed by atoms with van der Waals surface area (Å²) in [5.74, 6) is -0.0615. The molecule has 1 fully saturated rings. The smallest absolute Gasteiger partial charge is 0.249 e. The maximum absolute atomic E-state index is 13.0. The van der Waals surface area contributed by atoms with Crippen LogP contribution in [0, 0.1) is 5.82 Å². The van der Waals surface area contributed by atoms with Crippen LogP contribution in [-0.2, 0) is 9.53 Å². The number of halogens is 1. The van der Waals surface area contributed by atoms with Gasteiger partial charge in [0, 0.05) is 12.6 Å². The van der Waals surface area contributed by atoms with E-state index in [-0.39, 0.29) is 23.9 Å². The highest BCUT2D eigenvalue weighted by Crippen LogP contribution is 2.19. The van der Waals surface area contributed by atoms with Crippen LogP contribution >= 0.6 is 0 Å². The molecule has 116 valence electrons. The fraction of sp³-hybridized carbons (Fsp3) is 0.533. The molecule has 0 radical (unpaired) electrons. The van der Waals surface area contributed by atoms with Gasteiger partial charge in [-0.1, -0.05) is 6.07 Å². The SMILES string of the molecule is CC(CNC(=O)[C@@H]1CC[C@H](CN)O1)Oc1cccc(F)c1. The Morgan fingerprint density at radius 1 is 1.57 bits per heavy atom. The van der Waals surface area contributed by atoms with Crippen LogP contribution in [0.3, 0.4) is 0 Å². The first-order valence-corrected chi connectivity index (χ1v) is 7.14. The van der Waals surface area contributed by atoms with E-state index in [0.29, 0.717) is 25.3 Å². The number of hydrogen-bond donors (Lipinski definition) is 2. The molecule has 1 amide bonds. The van der Waals surface area contributed by atoms with Gasteiger partial charge < -0.3 is 20.5 Å². The summed E-state index contributed by atoms with van der Waals surface area (Å²) in [5.41, 5.74) is 5.51. The molecule has 0 bridgehead atoms. The molecule has 1 heterocycles. The van der Waals surface area contributed by atoms with E-state index in [9.17, 15) is 9.18 Å². The third-order valence-corrected chi connectivity index (χ3v) is 3.36. The highest BCUT2D eigenvalue weighted by atomic mass is 19.1. The van der Waals surface area contributed by atoms with Crippen LogP contribution < -0.4 is 15.8 Å². The second-order valence-corrected chi connectivity index (χ2v) is 5.19. The van der Waals surface area contributed by atoms with Crippen molar-refractivity contribution in [1.82, 2.24) is 5.32 Å². The second kappa shape index (κ2) is 7.38. The van der Waals surface area contributed by atoms with Crippen molar-refractivity contribution in [2.24, 2.45) is 5.73 Å². The van der Waals surface area contributed by atoms with Crippen LogP contribution in [0.4, 0.5) is 4.39 Å². The fourth-order valence-corrected chi connectivity index (χ4v) is 2.24. The molecule has 1 aliphatic rings. The molecule has 2 rings (SSSR count). The number of carbonyl (C=O) groups is 1. The summed E-state index contributed by atoms with van der Waals surface area (Å²) in [5, 5.41) is 2.78. The van der Waals surface area contributed by atoms with Gasteiger partial charge in [0.15, 0.2) is 0 Å². The predicted molar refractivity (Wildman–Crippen MR) is 76.4 cm³/mol. The summed E-state index contributed by atoms with van der Waals surface area (Å²) in [7, 11) is 0. The van der Waals surface area contributed by atoms with E-state index in [1.807, 2.05) is 6.92 Å². The Hall–Kier alpha value is -1.66. The Kier molecular flexibility index (Phi) is 5.52. The van der Waals surface area contributed by atoms with Crippen molar-refractivity contribution in [3.05, 3.63) is 30.1 Å². The highest BCUT2D eigenvalue weighted by Gasteiger charge is 2.29. The molecule has 21 heavy (non-hydrogen) atoms. The molecule has 1 aromatic carbocycles. The molecule has 1 unspecified atom stereocenters. The number of nitrogens with one attached hydrogen (secondary N) is 1. The quantitative estimate of drug-likeness (QED) is 0.827. The van der Waals surface area contributed by atoms with Gasteiger partial charge in [0.25, 0.3) is 0 Å². The summed E-state index contributed by atoms with van der Waals surface area (Å²) < 4.78 is 24.1. The third-order valence-electron chi connectivity index (χ3n) is 3.36. The van der Waals surface area contributed by atoms with Crippen molar-refractivity contribution >= 4 is 5.91 Å². The molecule has 0 aliphatic carbocycles. The summed E-state index contributed by atoms with van der Waals surface area (Å²) in [6.45, 7) is 2.58. The van der Waals surface area contributed by atoms with Gasteiger partial charge in [-0.3, -0.25) is 4.79 Å². The molecule has 3 atom stereocenters. The Labute approximate surface area is 123 Å². The number of nitrogens with two attached hydrogens (primary N) is 1. The van der Waals surface area contributed by atoms with Gasteiger partial charge in [0.2, 0.25) is 5.91 Å². The van der Waals surface area contributed by atoms with Crippen molar-refractivity contribution in [1.29, 1.82) is 0 Å². The Morgan fingerprint density at radius 3 is 3.05 bits per heavy atom. The lowest BCUT2D eigenvalue weighted by Gasteiger charge is -2.17. The number of rotatable bonds is 6. The Balaban J connectivity index is 1.73. The van der Waals surface area contributed by atoms with E-state index in [2.05, 4.69) is 5.32 Å². The molecule has 1 saturated heterocycles. The van der Waals surface area contributed by atoms with E-state index >= 15 is 0 Å². The lowest BCUT2D eigenvalue weighted by molar-refractivity contribution is -0.132. The van der Waals surface area contributed by atoms with E-state index in [1.165, 1.54) is 12.1 Å². The first kappa shape index (κ1) is 15.7. The molecule has 1 aliphatic heterocycles. The summed E-state index contributed by atoms with van der Waals surface area (Å²) in [6, 6.07) is 5.91. The lowest BCUT2D eigenvalue weighted by Crippen LogP contribution is -2.40. The van der Waals surface area contributed by atoms with Crippen LogP contribution in [0.1, 0.15) is 19.8 Å². The van der Waals surface area contributed by atoms with Crippen molar-refractivity contribution in [2.45, 2.75) is 38.1 Å². The van der Waals surface area contributed by atoms with Crippen LogP contribution in [0.25, 0.3) is 0 Å². The maximum Gasteiger partial charge on any atom is 0.249 e. The lowest BCUT2D eigenvalue weighted by atomic mass is 10.2. The Morgan fingerprint density at radius 2 is 2.38 bits per heavy atom. The highest BCUT2D eigenvalue weighted by molar-refractivity contribution is 5.81. The average Bonchev–Trinajstić information content (AvgIpc) is 2.94. The summed E-state index contributed by atoms with van der Waals surface area (Å²) >= 11 is 0. The minimum atomic E-state index is -0.431. The van der Waals surface area contributed by atoms with Gasteiger partial charge in [-0.05, 0) is 31.9 Å². The van der Waals surface area contributed by atoms with E-state index in [4.69, 9.17) is 15.2 Å². The minimum Gasteiger partial charge on any atom is -0.489 e. The standard InChI is InChI=1S/C15H21FN2O3/c1-10(20-12-4-2-3-11(16)7-12)9-18-15(19)14-6-5-13(8-17)21-14/h2-4,7,10,13-14H,5-6,8-9,17H2,1H3,(H,18,19)/t10?,13-,14+/m1/s1. The molecule has 0 saturated carbocycles. The summed E-state index contributed by atoms with van der Waals surface area (Å²) in [6.07, 6.45) is 0.778. The van der Waals surface area contributed by atoms with Gasteiger partial charge in [-0.15, -0.1) is 0 Å². The van der Waals surface area contributed by atoms with Gasteiger partial charge >= 0.3 is 0 Å². The molecule has 5 nitrogen and oxygen atoms in total. The molecule has 6 heteroatoms. The van der Waals surface area contributed by atoms with E-state index < -0.39 is 6.10 Å². The van der Waals surface area contributed by atoms with E-state index in [1.54, 1.807) is 12.1 Å². The number of carbonyl (C=O) groups excluding carboxylic acids is 1. The second-order valence-electron chi connectivity index (χ2n) is 5.19. The van der Waals surface area contributed by atoms with E-state index in [0.717, 1.165) is 6.42 Å². The topological polar surface area (TPSA) is 73.6 Å². The predicted octanol–water partition coefficient (Wildman–Crippen LogP) is 1.22.